The number of carbonyl (C=O) groups is 1. The van der Waals surface area contributed by atoms with Crippen molar-refractivity contribution in [1.82, 2.24) is 0 Å². The van der Waals surface area contributed by atoms with Gasteiger partial charge in [0.05, 0.1) is 26.4 Å². The van der Waals surface area contributed by atoms with Crippen molar-refractivity contribution in [2.24, 2.45) is 0 Å². The average Bonchev–Trinajstić information content (AvgIpc) is 2.93. The molecule has 0 saturated heterocycles. The van der Waals surface area contributed by atoms with E-state index in [-0.39, 0.29) is 19.6 Å². The van der Waals surface area contributed by atoms with Gasteiger partial charge in [0.1, 0.15) is 12.0 Å². The summed E-state index contributed by atoms with van der Waals surface area (Å²) in [6.07, 6.45) is 1.65. The quantitative estimate of drug-likeness (QED) is 0.113. The zero-order valence-corrected chi connectivity index (χ0v) is 21.2. The van der Waals surface area contributed by atoms with Crippen LogP contribution in [-0.4, -0.2) is 39.1 Å². The third-order valence-electron chi connectivity index (χ3n) is 5.07. The van der Waals surface area contributed by atoms with Crippen molar-refractivity contribution < 1.29 is 32.6 Å². The topological polar surface area (TPSA) is 80.3 Å². The first kappa shape index (κ1) is 27.8. The number of rotatable bonds is 18. The molecule has 0 aromatic heterocycles. The number of carbonyl (C=O) groups excluding carboxylic acids is 1. The smallest absolute Gasteiger partial charge is 0.367 e. The maximum absolute atomic E-state index is 13.3. The minimum atomic E-state index is -3.52. The summed E-state index contributed by atoms with van der Waals surface area (Å²) in [6.45, 7) is 2.39. The Hall–Kier alpha value is -2.80. The van der Waals surface area contributed by atoms with Crippen LogP contribution in [0.15, 0.2) is 84.9 Å². The van der Waals surface area contributed by atoms with Gasteiger partial charge in [-0.3, -0.25) is 9.36 Å². The fraction of sp³-hybridized carbons (Fsp3) is 0.321. The molecule has 3 aromatic rings. The molecule has 0 bridgehead atoms. The molecule has 0 radical (unpaired) electrons. The van der Waals surface area contributed by atoms with Crippen LogP contribution in [-0.2, 0) is 36.3 Å². The summed E-state index contributed by atoms with van der Waals surface area (Å²) in [5, 5.41) is 0. The van der Waals surface area contributed by atoms with Gasteiger partial charge >= 0.3 is 7.60 Å². The van der Waals surface area contributed by atoms with Gasteiger partial charge in [-0.05, 0) is 48.2 Å². The number of hydrogen-bond donors (Lipinski definition) is 0. The average molecular weight is 513 g/mol. The third-order valence-corrected chi connectivity index (χ3v) is 6.67. The Kier molecular flexibility index (Phi) is 12.4. The largest absolute Gasteiger partial charge is 0.481 e. The first-order valence-corrected chi connectivity index (χ1v) is 13.7. The molecule has 0 amide bonds. The van der Waals surface area contributed by atoms with Gasteiger partial charge in [0, 0.05) is 18.8 Å². The van der Waals surface area contributed by atoms with Crippen molar-refractivity contribution in [3.8, 4) is 5.75 Å². The van der Waals surface area contributed by atoms with E-state index in [0.717, 1.165) is 17.4 Å². The van der Waals surface area contributed by atoms with Crippen LogP contribution >= 0.6 is 7.60 Å². The molecule has 0 fully saturated rings. The molecule has 3 aromatic carbocycles. The normalized spacial score (nSPS) is 11.3. The maximum atomic E-state index is 13.3. The highest BCUT2D eigenvalue weighted by molar-refractivity contribution is 7.53. The first-order chi connectivity index (χ1) is 17.7. The van der Waals surface area contributed by atoms with E-state index in [1.54, 1.807) is 24.3 Å². The Balaban J connectivity index is 1.40. The minimum Gasteiger partial charge on any atom is -0.481 e. The highest BCUT2D eigenvalue weighted by Gasteiger charge is 2.26. The number of aldehydes is 1. The van der Waals surface area contributed by atoms with Crippen molar-refractivity contribution in [3.63, 3.8) is 0 Å². The second-order valence-electron chi connectivity index (χ2n) is 8.02. The summed E-state index contributed by atoms with van der Waals surface area (Å²) in [5.41, 5.74) is 2.72. The molecule has 0 aliphatic carbocycles. The summed E-state index contributed by atoms with van der Waals surface area (Å²) in [4.78, 5) is 10.8. The van der Waals surface area contributed by atoms with Crippen LogP contribution in [0.5, 0.6) is 5.75 Å². The maximum Gasteiger partial charge on any atom is 0.367 e. The van der Waals surface area contributed by atoms with Crippen molar-refractivity contribution in [3.05, 3.63) is 102 Å². The summed E-state index contributed by atoms with van der Waals surface area (Å²) in [6, 6.07) is 26.3. The zero-order chi connectivity index (χ0) is 25.3. The van der Waals surface area contributed by atoms with E-state index in [0.29, 0.717) is 50.6 Å². The lowest BCUT2D eigenvalue weighted by molar-refractivity contribution is 0.0926. The molecule has 0 aliphatic heterocycles. The SMILES string of the molecule is O=Cc1ccc(OCP(=O)(OCCCOCc2ccccc2)OCCCOCc2ccccc2)cc1. The van der Waals surface area contributed by atoms with E-state index in [4.69, 9.17) is 23.3 Å². The molecule has 0 N–H and O–H groups in total. The van der Waals surface area contributed by atoms with Crippen molar-refractivity contribution >= 4 is 13.9 Å². The van der Waals surface area contributed by atoms with Gasteiger partial charge < -0.3 is 23.3 Å². The van der Waals surface area contributed by atoms with Crippen LogP contribution < -0.4 is 4.74 Å². The molecule has 0 unspecified atom stereocenters. The van der Waals surface area contributed by atoms with Crippen LogP contribution in [0.4, 0.5) is 0 Å². The lowest BCUT2D eigenvalue weighted by atomic mass is 10.2. The molecular weight excluding hydrogens is 479 g/mol. The van der Waals surface area contributed by atoms with Gasteiger partial charge in [0.2, 0.25) is 0 Å². The summed E-state index contributed by atoms with van der Waals surface area (Å²) in [5.74, 6) is 0.477. The molecule has 8 heteroatoms. The lowest BCUT2D eigenvalue weighted by Crippen LogP contribution is -2.09. The molecule has 0 aliphatic rings. The van der Waals surface area contributed by atoms with Crippen LogP contribution in [0.1, 0.15) is 34.3 Å². The Morgan fingerprint density at radius 3 is 1.61 bits per heavy atom. The minimum absolute atomic E-state index is 0.212. The first-order valence-electron chi connectivity index (χ1n) is 12.0. The highest BCUT2D eigenvalue weighted by atomic mass is 31.2. The molecule has 0 saturated carbocycles. The second-order valence-corrected chi connectivity index (χ2v) is 10.0. The fourth-order valence-corrected chi connectivity index (χ4v) is 4.51. The standard InChI is InChI=1S/C28H33O7P/c29-21-25-13-15-28(16-14-25)33-24-36(30,34-19-7-17-31-22-26-9-3-1-4-10-26)35-20-8-18-32-23-27-11-5-2-6-12-27/h1-6,9-16,21H,7-8,17-20,22-24H2. The van der Waals surface area contributed by atoms with Gasteiger partial charge in [-0.2, -0.15) is 0 Å². The van der Waals surface area contributed by atoms with Gasteiger partial charge in [-0.15, -0.1) is 0 Å². The molecule has 0 spiro atoms. The van der Waals surface area contributed by atoms with Crippen molar-refractivity contribution in [1.29, 1.82) is 0 Å². The van der Waals surface area contributed by atoms with E-state index < -0.39 is 7.60 Å². The third kappa shape index (κ3) is 10.9. The van der Waals surface area contributed by atoms with Gasteiger partial charge in [-0.1, -0.05) is 60.7 Å². The van der Waals surface area contributed by atoms with Gasteiger partial charge in [0.15, 0.2) is 6.35 Å². The van der Waals surface area contributed by atoms with Gasteiger partial charge in [0.25, 0.3) is 0 Å². The van der Waals surface area contributed by atoms with Crippen LogP contribution in [0.2, 0.25) is 0 Å². The highest BCUT2D eigenvalue weighted by Crippen LogP contribution is 2.48. The summed E-state index contributed by atoms with van der Waals surface area (Å²) in [7, 11) is -3.52. The Labute approximate surface area is 212 Å². The molecule has 0 heterocycles. The monoisotopic (exact) mass is 512 g/mol. The zero-order valence-electron chi connectivity index (χ0n) is 20.3. The van der Waals surface area contributed by atoms with E-state index in [9.17, 15) is 9.36 Å². The second kappa shape index (κ2) is 16.0. The summed E-state index contributed by atoms with van der Waals surface area (Å²) >= 11 is 0. The molecule has 36 heavy (non-hydrogen) atoms. The van der Waals surface area contributed by atoms with E-state index in [1.807, 2.05) is 60.7 Å². The Morgan fingerprint density at radius 1 is 0.639 bits per heavy atom. The molecule has 7 nitrogen and oxygen atoms in total. The molecule has 0 atom stereocenters. The fourth-order valence-electron chi connectivity index (χ4n) is 3.17. The van der Waals surface area contributed by atoms with Crippen LogP contribution in [0.3, 0.4) is 0 Å². The summed E-state index contributed by atoms with van der Waals surface area (Å²) < 4.78 is 41.6. The van der Waals surface area contributed by atoms with Crippen molar-refractivity contribution in [2.45, 2.75) is 26.1 Å². The molecule has 3 rings (SSSR count). The van der Waals surface area contributed by atoms with Crippen LogP contribution in [0.25, 0.3) is 0 Å². The number of ether oxygens (including phenoxy) is 3. The molecule has 192 valence electrons. The van der Waals surface area contributed by atoms with E-state index in [2.05, 4.69) is 0 Å². The number of hydrogen-bond acceptors (Lipinski definition) is 7. The predicted octanol–water partition coefficient (Wildman–Crippen LogP) is 6.28. The van der Waals surface area contributed by atoms with Crippen molar-refractivity contribution in [2.75, 3.05) is 32.8 Å². The Bertz CT molecular complexity index is 987. The predicted molar refractivity (Wildman–Crippen MR) is 138 cm³/mol. The van der Waals surface area contributed by atoms with Gasteiger partial charge in [-0.25, -0.2) is 0 Å². The molecular formula is C28H33O7P. The van der Waals surface area contributed by atoms with Crippen LogP contribution in [0, 0.1) is 0 Å². The number of benzene rings is 3. The lowest BCUT2D eigenvalue weighted by Gasteiger charge is -2.19. The Morgan fingerprint density at radius 2 is 1.14 bits per heavy atom. The van der Waals surface area contributed by atoms with E-state index in [1.165, 1.54) is 0 Å². The van der Waals surface area contributed by atoms with E-state index >= 15 is 0 Å².